The number of halogens is 2. The molecule has 1 N–H and O–H groups in total. The van der Waals surface area contributed by atoms with E-state index in [0.29, 0.717) is 29.0 Å². The first-order chi connectivity index (χ1) is 15.5. The van der Waals surface area contributed by atoms with E-state index in [1.54, 1.807) is 35.3 Å². The van der Waals surface area contributed by atoms with Crippen molar-refractivity contribution in [1.82, 2.24) is 30.2 Å². The number of tetrazole rings is 1. The zero-order chi connectivity index (χ0) is 22.5. The fourth-order valence-electron chi connectivity index (χ4n) is 3.03. The molecule has 9 nitrogen and oxygen atoms in total. The topological polar surface area (TPSA) is 99.9 Å². The predicted molar refractivity (Wildman–Crippen MR) is 117 cm³/mol. The third-order valence-electron chi connectivity index (χ3n) is 4.50. The van der Waals surface area contributed by atoms with Gasteiger partial charge in [-0.15, -0.1) is 5.10 Å². The summed E-state index contributed by atoms with van der Waals surface area (Å²) < 4.78 is 26.5. The Morgan fingerprint density at radius 3 is 2.69 bits per heavy atom. The van der Waals surface area contributed by atoms with Crippen molar-refractivity contribution in [2.45, 2.75) is 19.6 Å². The van der Waals surface area contributed by atoms with Crippen LogP contribution in [0.15, 0.2) is 55.1 Å². The van der Waals surface area contributed by atoms with E-state index in [4.69, 9.17) is 21.1 Å². The molecule has 0 aliphatic heterocycles. The third-order valence-corrected chi connectivity index (χ3v) is 4.81. The van der Waals surface area contributed by atoms with Crippen LogP contribution in [0.5, 0.6) is 11.5 Å². The number of rotatable bonds is 8. The van der Waals surface area contributed by atoms with Gasteiger partial charge in [0.2, 0.25) is 5.95 Å². The number of ether oxygens (including phenoxy) is 2. The fraction of sp³-hybridized carbons (Fsp3) is 0.190. The molecule has 0 saturated carbocycles. The van der Waals surface area contributed by atoms with Gasteiger partial charge in [0.15, 0.2) is 11.6 Å². The molecule has 0 amide bonds. The minimum absolute atomic E-state index is 0.0930. The van der Waals surface area contributed by atoms with E-state index in [1.165, 1.54) is 19.5 Å². The summed E-state index contributed by atoms with van der Waals surface area (Å²) in [6.45, 7) is 2.37. The molecule has 1 unspecified atom stereocenters. The highest BCUT2D eigenvalue weighted by molar-refractivity contribution is 6.32. The first kappa shape index (κ1) is 21.4. The maximum Gasteiger partial charge on any atom is 0.227 e. The van der Waals surface area contributed by atoms with E-state index in [-0.39, 0.29) is 11.9 Å². The first-order valence-corrected chi connectivity index (χ1v) is 10.00. The SMILES string of the molecule is COc1c(F)cccc1Nc1ncc(-c2ccc(Cl)c(OC(C)Cn3cnnn3)c2)cn1. The summed E-state index contributed by atoms with van der Waals surface area (Å²) >= 11 is 6.31. The Morgan fingerprint density at radius 1 is 1.16 bits per heavy atom. The number of methoxy groups -OCH3 is 1. The highest BCUT2D eigenvalue weighted by Crippen LogP contribution is 2.32. The van der Waals surface area contributed by atoms with Crippen molar-refractivity contribution in [2.75, 3.05) is 12.4 Å². The molecule has 0 spiro atoms. The molecule has 32 heavy (non-hydrogen) atoms. The Morgan fingerprint density at radius 2 is 1.97 bits per heavy atom. The average Bonchev–Trinajstić information content (AvgIpc) is 3.29. The van der Waals surface area contributed by atoms with Crippen molar-refractivity contribution in [1.29, 1.82) is 0 Å². The molecule has 0 aliphatic rings. The van der Waals surface area contributed by atoms with Crippen LogP contribution in [0.25, 0.3) is 11.1 Å². The molecule has 1 atom stereocenters. The highest BCUT2D eigenvalue weighted by atomic mass is 35.5. The second-order valence-electron chi connectivity index (χ2n) is 6.85. The zero-order valence-corrected chi connectivity index (χ0v) is 18.0. The quantitative estimate of drug-likeness (QED) is 0.423. The monoisotopic (exact) mass is 455 g/mol. The minimum atomic E-state index is -0.475. The second kappa shape index (κ2) is 9.56. The van der Waals surface area contributed by atoms with E-state index in [1.807, 2.05) is 19.1 Å². The number of hydrogen-bond donors (Lipinski definition) is 1. The Balaban J connectivity index is 1.49. The van der Waals surface area contributed by atoms with Gasteiger partial charge in [0.25, 0.3) is 0 Å². The molecule has 4 aromatic rings. The lowest BCUT2D eigenvalue weighted by molar-refractivity contribution is 0.193. The lowest BCUT2D eigenvalue weighted by atomic mass is 10.1. The molecular weight excluding hydrogens is 437 g/mol. The van der Waals surface area contributed by atoms with E-state index in [2.05, 4.69) is 30.8 Å². The van der Waals surface area contributed by atoms with Gasteiger partial charge < -0.3 is 14.8 Å². The molecule has 0 bridgehead atoms. The normalized spacial score (nSPS) is 11.8. The number of nitrogens with zero attached hydrogens (tertiary/aromatic N) is 6. The van der Waals surface area contributed by atoms with Crippen LogP contribution in [-0.2, 0) is 6.54 Å². The van der Waals surface area contributed by atoms with Crippen molar-refractivity contribution in [2.24, 2.45) is 0 Å². The molecule has 0 fully saturated rings. The lowest BCUT2D eigenvalue weighted by Gasteiger charge is -2.16. The Labute approximate surface area is 188 Å². The molecule has 0 aliphatic carbocycles. The Bertz CT molecular complexity index is 1190. The summed E-state index contributed by atoms with van der Waals surface area (Å²) in [5.74, 6) is 0.446. The van der Waals surface area contributed by atoms with Crippen molar-refractivity contribution < 1.29 is 13.9 Å². The number of benzene rings is 2. The summed E-state index contributed by atoms with van der Waals surface area (Å²) in [5, 5.41) is 14.5. The number of aromatic nitrogens is 6. The third kappa shape index (κ3) is 4.92. The van der Waals surface area contributed by atoms with Crippen LogP contribution in [-0.4, -0.2) is 43.4 Å². The van der Waals surface area contributed by atoms with Crippen molar-refractivity contribution in [3.8, 4) is 22.6 Å². The van der Waals surface area contributed by atoms with Crippen LogP contribution in [0.2, 0.25) is 5.02 Å². The lowest BCUT2D eigenvalue weighted by Crippen LogP contribution is -2.20. The maximum atomic E-state index is 13.9. The van der Waals surface area contributed by atoms with Crippen LogP contribution < -0.4 is 14.8 Å². The van der Waals surface area contributed by atoms with Crippen molar-refractivity contribution >= 4 is 23.2 Å². The van der Waals surface area contributed by atoms with Crippen LogP contribution in [0.4, 0.5) is 16.0 Å². The van der Waals surface area contributed by atoms with Gasteiger partial charge in [-0.05, 0) is 47.2 Å². The Hall–Kier alpha value is -3.79. The molecule has 0 saturated heterocycles. The van der Waals surface area contributed by atoms with Crippen molar-refractivity contribution in [3.63, 3.8) is 0 Å². The highest BCUT2D eigenvalue weighted by Gasteiger charge is 2.13. The van der Waals surface area contributed by atoms with E-state index in [0.717, 1.165) is 11.1 Å². The van der Waals surface area contributed by atoms with Gasteiger partial charge in [0, 0.05) is 18.0 Å². The second-order valence-corrected chi connectivity index (χ2v) is 7.25. The average molecular weight is 456 g/mol. The van der Waals surface area contributed by atoms with Crippen LogP contribution in [0.3, 0.4) is 0 Å². The number of para-hydroxylation sites is 1. The molecule has 2 heterocycles. The summed E-state index contributed by atoms with van der Waals surface area (Å²) in [4.78, 5) is 8.64. The summed E-state index contributed by atoms with van der Waals surface area (Å²) in [7, 11) is 1.40. The first-order valence-electron chi connectivity index (χ1n) is 9.62. The molecule has 2 aromatic heterocycles. The predicted octanol–water partition coefficient (Wildman–Crippen LogP) is 4.14. The zero-order valence-electron chi connectivity index (χ0n) is 17.2. The van der Waals surface area contributed by atoms with Gasteiger partial charge in [-0.3, -0.25) is 0 Å². The van der Waals surface area contributed by atoms with Crippen LogP contribution >= 0.6 is 11.6 Å². The van der Waals surface area contributed by atoms with Gasteiger partial charge in [-0.25, -0.2) is 19.0 Å². The summed E-state index contributed by atoms with van der Waals surface area (Å²) in [6.07, 6.45) is 4.61. The van der Waals surface area contributed by atoms with Gasteiger partial charge in [-0.1, -0.05) is 23.7 Å². The van der Waals surface area contributed by atoms with E-state index < -0.39 is 5.82 Å². The summed E-state index contributed by atoms with van der Waals surface area (Å²) in [6, 6.07) is 9.99. The largest absolute Gasteiger partial charge is 0.492 e. The molecule has 2 aromatic carbocycles. The number of anilines is 2. The molecule has 164 valence electrons. The number of hydrogen-bond acceptors (Lipinski definition) is 8. The number of nitrogens with one attached hydrogen (secondary N) is 1. The van der Waals surface area contributed by atoms with E-state index >= 15 is 0 Å². The fourth-order valence-corrected chi connectivity index (χ4v) is 3.19. The molecular formula is C21H19ClFN7O2. The maximum absolute atomic E-state index is 13.9. The Kier molecular flexibility index (Phi) is 6.41. The van der Waals surface area contributed by atoms with Gasteiger partial charge in [0.05, 0.1) is 24.4 Å². The van der Waals surface area contributed by atoms with Gasteiger partial charge in [-0.2, -0.15) is 0 Å². The summed E-state index contributed by atoms with van der Waals surface area (Å²) in [5.41, 5.74) is 2.02. The minimum Gasteiger partial charge on any atom is -0.492 e. The molecule has 4 rings (SSSR count). The molecule has 0 radical (unpaired) electrons. The van der Waals surface area contributed by atoms with E-state index in [9.17, 15) is 4.39 Å². The van der Waals surface area contributed by atoms with Crippen LogP contribution in [0, 0.1) is 5.82 Å². The standard InChI is InChI=1S/C21H19ClFN7O2/c1-13(11-30-12-26-28-29-30)32-19-8-14(6-7-16(19)22)15-9-24-21(25-10-15)27-18-5-3-4-17(23)20(18)31-2/h3-10,12-13H,11H2,1-2H3,(H,24,25,27). The smallest absolute Gasteiger partial charge is 0.227 e. The van der Waals surface area contributed by atoms with Gasteiger partial charge >= 0.3 is 0 Å². The van der Waals surface area contributed by atoms with Gasteiger partial charge in [0.1, 0.15) is 18.2 Å². The molecule has 11 heteroatoms. The van der Waals surface area contributed by atoms with Crippen LogP contribution in [0.1, 0.15) is 6.92 Å². The van der Waals surface area contributed by atoms with Crippen molar-refractivity contribution in [3.05, 3.63) is 66.0 Å².